The van der Waals surface area contributed by atoms with E-state index in [0.717, 1.165) is 11.5 Å². The molecule has 10 rings (SSSR count). The van der Waals surface area contributed by atoms with E-state index in [0.29, 0.717) is 0 Å². The summed E-state index contributed by atoms with van der Waals surface area (Å²) in [4.78, 5) is 5.37. The van der Waals surface area contributed by atoms with Crippen molar-refractivity contribution in [2.75, 3.05) is 0 Å². The average molecular weight is 561 g/mol. The first kappa shape index (κ1) is 24.0. The Hall–Kier alpha value is -5.47. The van der Waals surface area contributed by atoms with E-state index in [4.69, 9.17) is 4.98 Å². The van der Waals surface area contributed by atoms with Gasteiger partial charge in [0.25, 0.3) is 0 Å². The van der Waals surface area contributed by atoms with Crippen molar-refractivity contribution in [3.8, 4) is 50.5 Å². The summed E-state index contributed by atoms with van der Waals surface area (Å²) in [6.07, 6.45) is 0. The second-order valence-electron chi connectivity index (χ2n) is 12.8. The van der Waals surface area contributed by atoms with E-state index in [1.54, 1.807) is 0 Å². The zero-order chi connectivity index (χ0) is 29.2. The van der Waals surface area contributed by atoms with Crippen LogP contribution in [0.4, 0.5) is 0 Å². The summed E-state index contributed by atoms with van der Waals surface area (Å²) < 4.78 is 2.35. The highest BCUT2D eigenvalue weighted by Gasteiger charge is 2.35. The summed E-state index contributed by atoms with van der Waals surface area (Å²) >= 11 is 0. The Labute approximate surface area is 255 Å². The molecule has 0 aliphatic heterocycles. The molecule has 6 aromatic carbocycles. The Morgan fingerprint density at radius 3 is 2.09 bits per heavy atom. The highest BCUT2D eigenvalue weighted by atomic mass is 15.1. The molecule has 0 amide bonds. The maximum Gasteiger partial charge on any atom is 0.138 e. The Morgan fingerprint density at radius 1 is 0.500 bits per heavy atom. The minimum Gasteiger partial charge on any atom is -0.294 e. The Balaban J connectivity index is 1.18. The summed E-state index contributed by atoms with van der Waals surface area (Å²) in [6, 6.07) is 49.1. The molecular weight excluding hydrogens is 532 g/mol. The number of fused-ring (bicyclic) bond motifs is 9. The highest BCUT2D eigenvalue weighted by molar-refractivity contribution is 6.15. The number of hydrogen-bond acceptors (Lipinski definition) is 1. The van der Waals surface area contributed by atoms with Crippen molar-refractivity contribution >= 4 is 32.6 Å². The molecule has 2 heteroatoms. The monoisotopic (exact) mass is 560 g/mol. The van der Waals surface area contributed by atoms with Gasteiger partial charge < -0.3 is 0 Å². The van der Waals surface area contributed by atoms with Crippen LogP contribution in [-0.2, 0) is 5.41 Å². The van der Waals surface area contributed by atoms with E-state index in [1.807, 2.05) is 0 Å². The molecule has 0 spiro atoms. The van der Waals surface area contributed by atoms with Gasteiger partial charge in [-0.2, -0.15) is 0 Å². The highest BCUT2D eigenvalue weighted by Crippen LogP contribution is 2.50. The normalized spacial score (nSPS) is 13.9. The molecule has 2 aliphatic carbocycles. The predicted octanol–water partition coefficient (Wildman–Crippen LogP) is 11.0. The molecule has 2 heterocycles. The first-order chi connectivity index (χ1) is 21.6. The van der Waals surface area contributed by atoms with Gasteiger partial charge in [0, 0.05) is 27.1 Å². The molecule has 2 aliphatic rings. The quantitative estimate of drug-likeness (QED) is 0.206. The van der Waals surface area contributed by atoms with Crippen LogP contribution in [0, 0.1) is 0 Å². The van der Waals surface area contributed by atoms with Crippen molar-refractivity contribution in [2.45, 2.75) is 19.3 Å². The van der Waals surface area contributed by atoms with E-state index < -0.39 is 0 Å². The number of pyridine rings is 1. The molecule has 206 valence electrons. The molecular formula is C42H28N2. The SMILES string of the molecule is CC1(C)c2ccccc2-c2ccc(-c3ccc4c(c3)c3ccccc3n4-c3cc4cccc5c4c(n3)-c3ccccc3-5)cc21. The Kier molecular flexibility index (Phi) is 4.55. The lowest BCUT2D eigenvalue weighted by Gasteiger charge is -2.22. The molecule has 8 aromatic rings. The first-order valence-electron chi connectivity index (χ1n) is 15.4. The van der Waals surface area contributed by atoms with Crippen LogP contribution in [0.1, 0.15) is 25.0 Å². The van der Waals surface area contributed by atoms with Crippen LogP contribution in [0.15, 0.2) is 133 Å². The third kappa shape index (κ3) is 3.02. The fraction of sp³-hybridized carbons (Fsp3) is 0.0714. The molecule has 0 saturated heterocycles. The van der Waals surface area contributed by atoms with E-state index in [1.165, 1.54) is 82.6 Å². The molecule has 0 radical (unpaired) electrons. The van der Waals surface area contributed by atoms with Crippen LogP contribution in [-0.4, -0.2) is 9.55 Å². The average Bonchev–Trinajstić information content (AvgIpc) is 3.65. The summed E-state index contributed by atoms with van der Waals surface area (Å²) in [7, 11) is 0. The van der Waals surface area contributed by atoms with Gasteiger partial charge in [-0.15, -0.1) is 0 Å². The molecule has 0 bridgehead atoms. The van der Waals surface area contributed by atoms with Crippen molar-refractivity contribution in [2.24, 2.45) is 0 Å². The van der Waals surface area contributed by atoms with Crippen molar-refractivity contribution in [3.05, 3.63) is 145 Å². The summed E-state index contributed by atoms with van der Waals surface area (Å²) in [5.74, 6) is 0.956. The van der Waals surface area contributed by atoms with Gasteiger partial charge in [0.1, 0.15) is 5.82 Å². The van der Waals surface area contributed by atoms with Gasteiger partial charge in [-0.1, -0.05) is 117 Å². The smallest absolute Gasteiger partial charge is 0.138 e. The van der Waals surface area contributed by atoms with Gasteiger partial charge in [0.15, 0.2) is 0 Å². The molecule has 0 saturated carbocycles. The summed E-state index contributed by atoms with van der Waals surface area (Å²) in [5, 5.41) is 4.96. The standard InChI is InChI=1S/C42H28N2/c1-42(2)35-16-7-5-12-29(35)30-20-18-26(23-36(30)42)25-19-21-38-34(22-25)31-13-6-8-17-37(31)44(38)39-24-27-10-9-15-32-28-11-3-4-14-33(28)41(43-39)40(27)32/h3-24H,1-2H3. The third-order valence-corrected chi connectivity index (χ3v) is 10.1. The lowest BCUT2D eigenvalue weighted by molar-refractivity contribution is 0.660. The lowest BCUT2D eigenvalue weighted by Crippen LogP contribution is -2.14. The second-order valence-corrected chi connectivity index (χ2v) is 12.8. The molecule has 44 heavy (non-hydrogen) atoms. The van der Waals surface area contributed by atoms with Crippen LogP contribution >= 0.6 is 0 Å². The van der Waals surface area contributed by atoms with E-state index in [-0.39, 0.29) is 5.41 Å². The zero-order valence-corrected chi connectivity index (χ0v) is 24.6. The zero-order valence-electron chi connectivity index (χ0n) is 24.6. The van der Waals surface area contributed by atoms with Gasteiger partial charge >= 0.3 is 0 Å². The topological polar surface area (TPSA) is 17.8 Å². The number of benzene rings is 6. The maximum atomic E-state index is 5.37. The lowest BCUT2D eigenvalue weighted by atomic mass is 9.81. The van der Waals surface area contributed by atoms with Crippen molar-refractivity contribution in [1.82, 2.24) is 9.55 Å². The maximum absolute atomic E-state index is 5.37. The van der Waals surface area contributed by atoms with Gasteiger partial charge in [-0.3, -0.25) is 4.57 Å². The molecule has 2 aromatic heterocycles. The molecule has 2 nitrogen and oxygen atoms in total. The van der Waals surface area contributed by atoms with Gasteiger partial charge in [0.2, 0.25) is 0 Å². The van der Waals surface area contributed by atoms with E-state index >= 15 is 0 Å². The Bertz CT molecular complexity index is 2530. The Morgan fingerprint density at radius 2 is 1.18 bits per heavy atom. The number of hydrogen-bond donors (Lipinski definition) is 0. The van der Waals surface area contributed by atoms with E-state index in [2.05, 4.69) is 152 Å². The van der Waals surface area contributed by atoms with Gasteiger partial charge in [0.05, 0.1) is 16.7 Å². The minimum atomic E-state index is -0.0241. The molecule has 0 unspecified atom stereocenters. The van der Waals surface area contributed by atoms with Crippen LogP contribution in [0.3, 0.4) is 0 Å². The second kappa shape index (κ2) is 8.33. The van der Waals surface area contributed by atoms with Crippen molar-refractivity contribution < 1.29 is 0 Å². The van der Waals surface area contributed by atoms with Crippen molar-refractivity contribution in [1.29, 1.82) is 0 Å². The molecule has 0 fully saturated rings. The van der Waals surface area contributed by atoms with Gasteiger partial charge in [-0.25, -0.2) is 4.98 Å². The minimum absolute atomic E-state index is 0.0241. The molecule has 0 atom stereocenters. The number of nitrogens with zero attached hydrogens (tertiary/aromatic N) is 2. The first-order valence-corrected chi connectivity index (χ1v) is 15.4. The summed E-state index contributed by atoms with van der Waals surface area (Å²) in [5.41, 5.74) is 15.2. The van der Waals surface area contributed by atoms with E-state index in [9.17, 15) is 0 Å². The van der Waals surface area contributed by atoms with Crippen LogP contribution in [0.2, 0.25) is 0 Å². The predicted molar refractivity (Wildman–Crippen MR) is 184 cm³/mol. The summed E-state index contributed by atoms with van der Waals surface area (Å²) in [6.45, 7) is 4.70. The van der Waals surface area contributed by atoms with Crippen LogP contribution in [0.5, 0.6) is 0 Å². The third-order valence-electron chi connectivity index (χ3n) is 10.1. The number of rotatable bonds is 2. The fourth-order valence-electron chi connectivity index (χ4n) is 8.04. The van der Waals surface area contributed by atoms with Gasteiger partial charge in [-0.05, 0) is 80.2 Å². The van der Waals surface area contributed by atoms with Crippen LogP contribution < -0.4 is 0 Å². The number of aromatic nitrogens is 2. The van der Waals surface area contributed by atoms with Crippen molar-refractivity contribution in [3.63, 3.8) is 0 Å². The number of para-hydroxylation sites is 1. The molecule has 0 N–H and O–H groups in total. The largest absolute Gasteiger partial charge is 0.294 e. The fourth-order valence-corrected chi connectivity index (χ4v) is 8.04. The van der Waals surface area contributed by atoms with Crippen LogP contribution in [0.25, 0.3) is 83.0 Å².